The molecule has 6 heteroatoms. The van der Waals surface area contributed by atoms with Crippen molar-refractivity contribution in [3.05, 3.63) is 29.8 Å². The van der Waals surface area contributed by atoms with Gasteiger partial charge in [0.1, 0.15) is 0 Å². The number of nitriles is 1. The molecule has 0 amide bonds. The molecule has 1 aromatic carbocycles. The molecule has 21 heavy (non-hydrogen) atoms. The highest BCUT2D eigenvalue weighted by molar-refractivity contribution is 7.89. The summed E-state index contributed by atoms with van der Waals surface area (Å²) in [5.74, 6) is 0. The first-order chi connectivity index (χ1) is 10.1. The van der Waals surface area contributed by atoms with E-state index >= 15 is 0 Å². The predicted octanol–water partition coefficient (Wildman–Crippen LogP) is 1.89. The van der Waals surface area contributed by atoms with Crippen molar-refractivity contribution < 1.29 is 13.2 Å². The number of nitrogens with zero attached hydrogens (tertiary/aromatic N) is 2. The summed E-state index contributed by atoms with van der Waals surface area (Å²) in [5, 5.41) is 8.81. The first-order valence-corrected chi connectivity index (χ1v) is 8.56. The van der Waals surface area contributed by atoms with Gasteiger partial charge in [-0.3, -0.25) is 0 Å². The Kier molecular flexibility index (Phi) is 3.74. The van der Waals surface area contributed by atoms with Crippen LogP contribution >= 0.6 is 0 Å². The van der Waals surface area contributed by atoms with Crippen molar-refractivity contribution in [2.75, 3.05) is 7.11 Å². The van der Waals surface area contributed by atoms with Crippen molar-refractivity contribution in [1.82, 2.24) is 4.31 Å². The van der Waals surface area contributed by atoms with Crippen LogP contribution in [0.2, 0.25) is 0 Å². The van der Waals surface area contributed by atoms with Crippen LogP contribution < -0.4 is 0 Å². The maximum absolute atomic E-state index is 12.8. The lowest BCUT2D eigenvalue weighted by atomic mass is 10.0. The molecule has 0 aliphatic carbocycles. The van der Waals surface area contributed by atoms with Crippen LogP contribution in [-0.4, -0.2) is 38.0 Å². The minimum absolute atomic E-state index is 0.0364. The molecular formula is C15H18N2O3S. The third-order valence-corrected chi connectivity index (χ3v) is 6.53. The van der Waals surface area contributed by atoms with Gasteiger partial charge in [-0.15, -0.1) is 0 Å². The average molecular weight is 306 g/mol. The minimum Gasteiger partial charge on any atom is -0.381 e. The van der Waals surface area contributed by atoms with Gasteiger partial charge in [-0.05, 0) is 49.9 Å². The van der Waals surface area contributed by atoms with Crippen LogP contribution in [-0.2, 0) is 14.8 Å². The van der Waals surface area contributed by atoms with Gasteiger partial charge in [-0.1, -0.05) is 0 Å². The Morgan fingerprint density at radius 1 is 1.19 bits per heavy atom. The Bertz CT molecular complexity index is 649. The number of hydrogen-bond acceptors (Lipinski definition) is 4. The first-order valence-electron chi connectivity index (χ1n) is 7.12. The maximum Gasteiger partial charge on any atom is 0.243 e. The quantitative estimate of drug-likeness (QED) is 0.855. The summed E-state index contributed by atoms with van der Waals surface area (Å²) in [6.07, 6.45) is 3.50. The molecule has 2 atom stereocenters. The number of fused-ring (bicyclic) bond motifs is 2. The van der Waals surface area contributed by atoms with Gasteiger partial charge >= 0.3 is 0 Å². The highest BCUT2D eigenvalue weighted by Gasteiger charge is 2.47. The second-order valence-electron chi connectivity index (χ2n) is 5.69. The number of benzene rings is 1. The van der Waals surface area contributed by atoms with Crippen LogP contribution in [0.3, 0.4) is 0 Å². The molecule has 1 aromatic rings. The summed E-state index contributed by atoms with van der Waals surface area (Å²) in [5.41, 5.74) is 0.468. The normalized spacial score (nSPS) is 29.2. The van der Waals surface area contributed by atoms with E-state index in [0.717, 1.165) is 25.7 Å². The largest absolute Gasteiger partial charge is 0.381 e. The van der Waals surface area contributed by atoms with E-state index in [2.05, 4.69) is 0 Å². The van der Waals surface area contributed by atoms with Crippen LogP contribution in [0.4, 0.5) is 0 Å². The molecule has 2 bridgehead atoms. The van der Waals surface area contributed by atoms with Crippen molar-refractivity contribution in [3.63, 3.8) is 0 Å². The van der Waals surface area contributed by atoms with Gasteiger partial charge in [-0.25, -0.2) is 8.42 Å². The zero-order valence-corrected chi connectivity index (χ0v) is 12.7. The number of piperidine rings is 1. The average Bonchev–Trinajstić information content (AvgIpc) is 2.79. The lowest BCUT2D eigenvalue weighted by Gasteiger charge is -2.37. The molecule has 2 aliphatic heterocycles. The van der Waals surface area contributed by atoms with Crippen LogP contribution in [0.15, 0.2) is 29.2 Å². The fourth-order valence-corrected chi connectivity index (χ4v) is 5.38. The number of hydrogen-bond donors (Lipinski definition) is 0. The van der Waals surface area contributed by atoms with Crippen molar-refractivity contribution >= 4 is 10.0 Å². The topological polar surface area (TPSA) is 70.4 Å². The summed E-state index contributed by atoms with van der Waals surface area (Å²) in [7, 11) is -1.80. The molecular weight excluding hydrogens is 288 g/mol. The van der Waals surface area contributed by atoms with Crippen LogP contribution in [0.1, 0.15) is 31.2 Å². The lowest BCUT2D eigenvalue weighted by molar-refractivity contribution is 0.0349. The Morgan fingerprint density at radius 2 is 1.76 bits per heavy atom. The van der Waals surface area contributed by atoms with Gasteiger partial charge in [0, 0.05) is 19.2 Å². The van der Waals surface area contributed by atoms with E-state index in [9.17, 15) is 8.42 Å². The molecule has 112 valence electrons. The van der Waals surface area contributed by atoms with Gasteiger partial charge in [0.05, 0.1) is 22.6 Å². The van der Waals surface area contributed by atoms with E-state index in [0.29, 0.717) is 5.56 Å². The second-order valence-corrected chi connectivity index (χ2v) is 7.53. The molecule has 2 aliphatic rings. The van der Waals surface area contributed by atoms with Crippen molar-refractivity contribution in [1.29, 1.82) is 5.26 Å². The molecule has 2 unspecified atom stereocenters. The van der Waals surface area contributed by atoms with Gasteiger partial charge < -0.3 is 4.74 Å². The van der Waals surface area contributed by atoms with Gasteiger partial charge in [0.25, 0.3) is 0 Å². The number of sulfonamides is 1. The van der Waals surface area contributed by atoms with E-state index in [4.69, 9.17) is 10.00 Å². The molecule has 0 aromatic heterocycles. The zero-order chi connectivity index (χ0) is 15.0. The highest BCUT2D eigenvalue weighted by atomic mass is 32.2. The molecule has 0 spiro atoms. The smallest absolute Gasteiger partial charge is 0.243 e. The Morgan fingerprint density at radius 3 is 2.24 bits per heavy atom. The van der Waals surface area contributed by atoms with Gasteiger partial charge in [0.2, 0.25) is 10.0 Å². The van der Waals surface area contributed by atoms with E-state index in [1.165, 1.54) is 12.1 Å². The summed E-state index contributed by atoms with van der Waals surface area (Å²) in [6, 6.07) is 8.23. The Balaban J connectivity index is 1.90. The summed E-state index contributed by atoms with van der Waals surface area (Å²) in [6.45, 7) is 0. The summed E-state index contributed by atoms with van der Waals surface area (Å²) >= 11 is 0. The SMILES string of the molecule is COC1CC2CCC(C1)N2S(=O)(=O)c1ccc(C#N)cc1. The van der Waals surface area contributed by atoms with Crippen molar-refractivity contribution in [2.24, 2.45) is 0 Å². The molecule has 2 saturated heterocycles. The summed E-state index contributed by atoms with van der Waals surface area (Å²) in [4.78, 5) is 0.272. The molecule has 0 saturated carbocycles. The standard InChI is InChI=1S/C15H18N2O3S/c1-20-14-8-12-4-5-13(9-14)17(12)21(18,19)15-6-2-11(10-16)3-7-15/h2-3,6-7,12-14H,4-5,8-9H2,1H3. The van der Waals surface area contributed by atoms with E-state index in [1.54, 1.807) is 23.5 Å². The maximum atomic E-state index is 12.8. The minimum atomic E-state index is -3.49. The fourth-order valence-electron chi connectivity index (χ4n) is 3.49. The molecule has 2 fully saturated rings. The molecule has 0 radical (unpaired) electrons. The van der Waals surface area contributed by atoms with E-state index < -0.39 is 10.0 Å². The Hall–Kier alpha value is -1.42. The Labute approximate surface area is 125 Å². The van der Waals surface area contributed by atoms with Crippen LogP contribution in [0.25, 0.3) is 0 Å². The predicted molar refractivity (Wildman–Crippen MR) is 77.0 cm³/mol. The number of methoxy groups -OCH3 is 1. The molecule has 3 rings (SSSR count). The summed E-state index contributed by atoms with van der Waals surface area (Å²) < 4.78 is 32.8. The second kappa shape index (κ2) is 5.41. The van der Waals surface area contributed by atoms with Crippen LogP contribution in [0.5, 0.6) is 0 Å². The van der Waals surface area contributed by atoms with E-state index in [1.807, 2.05) is 6.07 Å². The fraction of sp³-hybridized carbons (Fsp3) is 0.533. The third kappa shape index (κ3) is 2.46. The van der Waals surface area contributed by atoms with Gasteiger partial charge in [-0.2, -0.15) is 9.57 Å². The molecule has 0 N–H and O–H groups in total. The molecule has 2 heterocycles. The van der Waals surface area contributed by atoms with Crippen molar-refractivity contribution in [2.45, 2.75) is 48.8 Å². The number of rotatable bonds is 3. The van der Waals surface area contributed by atoms with Gasteiger partial charge in [0.15, 0.2) is 0 Å². The zero-order valence-electron chi connectivity index (χ0n) is 11.9. The monoisotopic (exact) mass is 306 g/mol. The third-order valence-electron chi connectivity index (χ3n) is 4.51. The number of ether oxygens (including phenoxy) is 1. The molecule has 5 nitrogen and oxygen atoms in total. The van der Waals surface area contributed by atoms with Crippen LogP contribution in [0, 0.1) is 11.3 Å². The van der Waals surface area contributed by atoms with Crippen molar-refractivity contribution in [3.8, 4) is 6.07 Å². The lowest BCUT2D eigenvalue weighted by Crippen LogP contribution is -2.48. The first kappa shape index (κ1) is 14.5. The highest BCUT2D eigenvalue weighted by Crippen LogP contribution is 2.40. The van der Waals surface area contributed by atoms with E-state index in [-0.39, 0.29) is 23.1 Å².